The van der Waals surface area contributed by atoms with Gasteiger partial charge in [-0.25, -0.2) is 9.97 Å². The lowest BCUT2D eigenvalue weighted by Gasteiger charge is -2.41. The molecule has 3 N–H and O–H groups in total. The van der Waals surface area contributed by atoms with Crippen molar-refractivity contribution < 1.29 is 5.21 Å². The van der Waals surface area contributed by atoms with Crippen LogP contribution in [0.25, 0.3) is 0 Å². The monoisotopic (exact) mass is 291 g/mol. The van der Waals surface area contributed by atoms with Crippen molar-refractivity contribution in [1.29, 1.82) is 0 Å². The minimum Gasteiger partial charge on any atom is -0.409 e. The highest BCUT2D eigenvalue weighted by molar-refractivity contribution is 5.95. The van der Waals surface area contributed by atoms with Gasteiger partial charge in [-0.3, -0.25) is 0 Å². The number of nitrogens with two attached hydrogens (primary N) is 1. The van der Waals surface area contributed by atoms with Crippen molar-refractivity contribution in [1.82, 2.24) is 9.97 Å². The normalized spacial score (nSPS) is 18.8. The van der Waals surface area contributed by atoms with Crippen LogP contribution in [0.2, 0.25) is 0 Å². The fourth-order valence-electron chi connectivity index (χ4n) is 3.01. The zero-order chi connectivity index (χ0) is 15.5. The van der Waals surface area contributed by atoms with Crippen LogP contribution < -0.4 is 10.6 Å². The number of rotatable bonds is 4. The number of anilines is 1. The molecule has 1 aromatic rings. The first-order chi connectivity index (χ1) is 10.0. The first kappa shape index (κ1) is 15.5. The van der Waals surface area contributed by atoms with E-state index in [9.17, 15) is 0 Å². The molecule has 2 rings (SSSR count). The average Bonchev–Trinajstić information content (AvgIpc) is 2.53. The Morgan fingerprint density at radius 2 is 1.95 bits per heavy atom. The Kier molecular flexibility index (Phi) is 4.65. The summed E-state index contributed by atoms with van der Waals surface area (Å²) in [5, 5.41) is 11.8. The third kappa shape index (κ3) is 3.25. The van der Waals surface area contributed by atoms with Gasteiger partial charge in [-0.1, -0.05) is 31.8 Å². The van der Waals surface area contributed by atoms with Crippen molar-refractivity contribution in [3.8, 4) is 0 Å². The van der Waals surface area contributed by atoms with Crippen molar-refractivity contribution in [2.75, 3.05) is 18.0 Å². The molecule has 0 amide bonds. The summed E-state index contributed by atoms with van der Waals surface area (Å²) in [6.07, 6.45) is 4.77. The summed E-state index contributed by atoms with van der Waals surface area (Å²) in [6, 6.07) is 1.73. The second-order valence-corrected chi connectivity index (χ2v) is 5.87. The Morgan fingerprint density at radius 3 is 2.48 bits per heavy atom. The van der Waals surface area contributed by atoms with Gasteiger partial charge in [-0.2, -0.15) is 0 Å². The van der Waals surface area contributed by atoms with Gasteiger partial charge in [0, 0.05) is 18.8 Å². The summed E-state index contributed by atoms with van der Waals surface area (Å²) in [6.45, 7) is 8.37. The van der Waals surface area contributed by atoms with Crippen LogP contribution in [0.1, 0.15) is 50.9 Å². The number of piperidine rings is 1. The van der Waals surface area contributed by atoms with Gasteiger partial charge >= 0.3 is 0 Å². The van der Waals surface area contributed by atoms with Crippen LogP contribution in [0, 0.1) is 12.3 Å². The number of nitrogens with zero attached hydrogens (tertiary/aromatic N) is 4. The van der Waals surface area contributed by atoms with Crippen molar-refractivity contribution >= 4 is 11.8 Å². The molecule has 2 heterocycles. The van der Waals surface area contributed by atoms with E-state index in [4.69, 9.17) is 10.9 Å². The first-order valence-electron chi connectivity index (χ1n) is 7.62. The third-order valence-corrected chi connectivity index (χ3v) is 4.82. The maximum Gasteiger partial charge on any atom is 0.226 e. The van der Waals surface area contributed by atoms with Crippen LogP contribution in [-0.4, -0.2) is 34.1 Å². The molecule has 0 saturated carbocycles. The van der Waals surface area contributed by atoms with E-state index in [-0.39, 0.29) is 5.84 Å². The summed E-state index contributed by atoms with van der Waals surface area (Å²) >= 11 is 0. The average molecular weight is 291 g/mol. The first-order valence-corrected chi connectivity index (χ1v) is 7.62. The molecule has 0 spiro atoms. The maximum absolute atomic E-state index is 8.80. The van der Waals surface area contributed by atoms with E-state index >= 15 is 0 Å². The Balaban J connectivity index is 2.19. The lowest BCUT2D eigenvalue weighted by Crippen LogP contribution is -2.40. The Morgan fingerprint density at radius 1 is 1.33 bits per heavy atom. The highest BCUT2D eigenvalue weighted by atomic mass is 16.4. The molecule has 1 aromatic heterocycles. The highest BCUT2D eigenvalue weighted by Gasteiger charge is 2.32. The van der Waals surface area contributed by atoms with E-state index in [2.05, 4.69) is 33.9 Å². The summed E-state index contributed by atoms with van der Waals surface area (Å²) in [4.78, 5) is 11.1. The topological polar surface area (TPSA) is 87.6 Å². The van der Waals surface area contributed by atoms with Crippen LogP contribution in [0.15, 0.2) is 11.2 Å². The van der Waals surface area contributed by atoms with Crippen molar-refractivity contribution in [3.63, 3.8) is 0 Å². The van der Waals surface area contributed by atoms with Crippen LogP contribution in [0.5, 0.6) is 0 Å². The van der Waals surface area contributed by atoms with E-state index in [1.165, 1.54) is 12.8 Å². The molecule has 116 valence electrons. The van der Waals surface area contributed by atoms with E-state index in [0.29, 0.717) is 17.1 Å². The summed E-state index contributed by atoms with van der Waals surface area (Å²) in [7, 11) is 0. The third-order valence-electron chi connectivity index (χ3n) is 4.82. The van der Waals surface area contributed by atoms with E-state index in [1.807, 2.05) is 6.92 Å². The predicted molar refractivity (Wildman–Crippen MR) is 83.7 cm³/mol. The van der Waals surface area contributed by atoms with Crippen LogP contribution in [0.4, 0.5) is 5.95 Å². The Labute approximate surface area is 126 Å². The van der Waals surface area contributed by atoms with Gasteiger partial charge in [-0.15, -0.1) is 0 Å². The summed E-state index contributed by atoms with van der Waals surface area (Å²) < 4.78 is 0. The molecule has 0 bridgehead atoms. The molecule has 1 aliphatic heterocycles. The number of aryl methyl sites for hydroxylation is 1. The lowest BCUT2D eigenvalue weighted by atomic mass is 9.74. The molecule has 0 aromatic carbocycles. The molecule has 1 saturated heterocycles. The fraction of sp³-hybridized carbons (Fsp3) is 0.667. The molecule has 0 unspecified atom stereocenters. The van der Waals surface area contributed by atoms with Gasteiger partial charge in [0.05, 0.1) is 0 Å². The van der Waals surface area contributed by atoms with Crippen molar-refractivity contribution in [2.24, 2.45) is 16.3 Å². The Bertz CT molecular complexity index is 515. The molecular weight excluding hydrogens is 266 g/mol. The molecule has 1 aliphatic rings. The van der Waals surface area contributed by atoms with Gasteiger partial charge in [0.1, 0.15) is 5.69 Å². The number of hydrogen-bond donors (Lipinski definition) is 2. The van der Waals surface area contributed by atoms with Crippen LogP contribution in [-0.2, 0) is 0 Å². The quantitative estimate of drug-likeness (QED) is 0.384. The van der Waals surface area contributed by atoms with Gasteiger partial charge in [-0.05, 0) is 31.2 Å². The molecule has 0 radical (unpaired) electrons. The minimum atomic E-state index is 0.0234. The summed E-state index contributed by atoms with van der Waals surface area (Å²) in [5.74, 6) is 0.702. The molecule has 21 heavy (non-hydrogen) atoms. The fourth-order valence-corrected chi connectivity index (χ4v) is 3.01. The second-order valence-electron chi connectivity index (χ2n) is 5.87. The predicted octanol–water partition coefficient (Wildman–Crippen LogP) is 2.29. The largest absolute Gasteiger partial charge is 0.409 e. The number of hydrogen-bond acceptors (Lipinski definition) is 5. The number of amidine groups is 1. The van der Waals surface area contributed by atoms with Gasteiger partial charge in [0.2, 0.25) is 5.95 Å². The van der Waals surface area contributed by atoms with Gasteiger partial charge < -0.3 is 15.8 Å². The van der Waals surface area contributed by atoms with E-state index < -0.39 is 0 Å². The Hall–Kier alpha value is -1.85. The number of aromatic nitrogens is 2. The molecule has 0 aliphatic carbocycles. The van der Waals surface area contributed by atoms with Crippen molar-refractivity contribution in [2.45, 2.75) is 46.5 Å². The molecule has 0 atom stereocenters. The second kappa shape index (κ2) is 6.28. The minimum absolute atomic E-state index is 0.0234. The van der Waals surface area contributed by atoms with Gasteiger partial charge in [0.15, 0.2) is 5.84 Å². The van der Waals surface area contributed by atoms with Crippen LogP contribution >= 0.6 is 0 Å². The molecule has 6 heteroatoms. The zero-order valence-corrected chi connectivity index (χ0v) is 13.1. The standard InChI is InChI=1S/C15H25N5O/c1-4-15(5-2)6-8-20(9-7-15)14-17-11(3)10-12(18-14)13(16)19-21/h10,21H,4-9H2,1-3H3,(H2,16,19). The molecule has 1 fully saturated rings. The number of oxime groups is 1. The smallest absolute Gasteiger partial charge is 0.226 e. The lowest BCUT2D eigenvalue weighted by molar-refractivity contribution is 0.198. The van der Waals surface area contributed by atoms with E-state index in [1.54, 1.807) is 6.07 Å². The van der Waals surface area contributed by atoms with E-state index in [0.717, 1.165) is 31.6 Å². The SMILES string of the molecule is CCC1(CC)CCN(c2nc(C)cc(/C(N)=N/O)n2)CC1. The maximum atomic E-state index is 8.80. The highest BCUT2D eigenvalue weighted by Crippen LogP contribution is 2.38. The zero-order valence-electron chi connectivity index (χ0n) is 13.1. The molecular formula is C15H25N5O. The van der Waals surface area contributed by atoms with Crippen molar-refractivity contribution in [3.05, 3.63) is 17.5 Å². The van der Waals surface area contributed by atoms with Crippen LogP contribution in [0.3, 0.4) is 0 Å². The molecule has 6 nitrogen and oxygen atoms in total. The van der Waals surface area contributed by atoms with Gasteiger partial charge in [0.25, 0.3) is 0 Å². The summed E-state index contributed by atoms with van der Waals surface area (Å²) in [5.41, 5.74) is 7.40.